The molecule has 4 nitrogen and oxygen atoms in total. The SMILES string of the molecule is O=C(O)c1ccc(-c2ccc(OC3CCN(C4CCC4)CC3)cc2)cc1. The minimum atomic E-state index is -0.899. The summed E-state index contributed by atoms with van der Waals surface area (Å²) in [5.74, 6) is 0.0154. The monoisotopic (exact) mass is 351 g/mol. The minimum Gasteiger partial charge on any atom is -0.490 e. The maximum Gasteiger partial charge on any atom is 0.335 e. The Labute approximate surface area is 154 Å². The number of benzene rings is 2. The second-order valence-electron chi connectivity index (χ2n) is 7.34. The van der Waals surface area contributed by atoms with Gasteiger partial charge in [0.05, 0.1) is 5.56 Å². The summed E-state index contributed by atoms with van der Waals surface area (Å²) in [7, 11) is 0. The van der Waals surface area contributed by atoms with Crippen molar-refractivity contribution in [1.29, 1.82) is 0 Å². The van der Waals surface area contributed by atoms with E-state index in [4.69, 9.17) is 9.84 Å². The van der Waals surface area contributed by atoms with Crippen molar-refractivity contribution in [3.05, 3.63) is 54.1 Å². The number of carboxylic acids is 1. The zero-order valence-corrected chi connectivity index (χ0v) is 14.9. The van der Waals surface area contributed by atoms with E-state index >= 15 is 0 Å². The van der Waals surface area contributed by atoms with Crippen LogP contribution in [0.3, 0.4) is 0 Å². The van der Waals surface area contributed by atoms with Crippen LogP contribution in [0.2, 0.25) is 0 Å². The summed E-state index contributed by atoms with van der Waals surface area (Å²) in [6.45, 7) is 2.31. The Kier molecular flexibility index (Phi) is 4.93. The van der Waals surface area contributed by atoms with Crippen molar-refractivity contribution in [2.75, 3.05) is 13.1 Å². The highest BCUT2D eigenvalue weighted by Crippen LogP contribution is 2.29. The van der Waals surface area contributed by atoms with E-state index in [9.17, 15) is 4.79 Å². The molecule has 0 amide bonds. The molecular weight excluding hydrogens is 326 g/mol. The first-order chi connectivity index (χ1) is 12.7. The van der Waals surface area contributed by atoms with Gasteiger partial charge < -0.3 is 14.7 Å². The van der Waals surface area contributed by atoms with E-state index in [2.05, 4.69) is 4.90 Å². The summed E-state index contributed by atoms with van der Waals surface area (Å²) in [5.41, 5.74) is 2.38. The molecule has 2 aromatic rings. The van der Waals surface area contributed by atoms with Crippen molar-refractivity contribution < 1.29 is 14.6 Å². The van der Waals surface area contributed by atoms with Crippen molar-refractivity contribution >= 4 is 5.97 Å². The first-order valence-corrected chi connectivity index (χ1v) is 9.53. The van der Waals surface area contributed by atoms with Gasteiger partial charge in [0.2, 0.25) is 0 Å². The van der Waals surface area contributed by atoms with Crippen LogP contribution in [0.1, 0.15) is 42.5 Å². The van der Waals surface area contributed by atoms with Gasteiger partial charge in [0.1, 0.15) is 11.9 Å². The topological polar surface area (TPSA) is 49.8 Å². The van der Waals surface area contributed by atoms with Gasteiger partial charge in [-0.3, -0.25) is 0 Å². The third-order valence-electron chi connectivity index (χ3n) is 5.69. The van der Waals surface area contributed by atoms with Crippen LogP contribution in [0.5, 0.6) is 5.75 Å². The summed E-state index contributed by atoms with van der Waals surface area (Å²) in [6.07, 6.45) is 6.67. The molecule has 0 spiro atoms. The molecule has 1 heterocycles. The molecule has 26 heavy (non-hydrogen) atoms. The molecule has 2 aromatic carbocycles. The zero-order valence-electron chi connectivity index (χ0n) is 14.9. The third-order valence-corrected chi connectivity index (χ3v) is 5.69. The lowest BCUT2D eigenvalue weighted by Crippen LogP contribution is -2.46. The number of hydrogen-bond donors (Lipinski definition) is 1. The molecule has 2 aliphatic rings. The lowest BCUT2D eigenvalue weighted by molar-refractivity contribution is 0.0493. The molecule has 1 saturated heterocycles. The molecule has 4 heteroatoms. The lowest BCUT2D eigenvalue weighted by Gasteiger charge is -2.41. The maximum atomic E-state index is 10.9. The summed E-state index contributed by atoms with van der Waals surface area (Å²) >= 11 is 0. The van der Waals surface area contributed by atoms with Gasteiger partial charge in [0, 0.05) is 19.1 Å². The van der Waals surface area contributed by atoms with Gasteiger partial charge >= 0.3 is 5.97 Å². The average Bonchev–Trinajstić information content (AvgIpc) is 2.63. The van der Waals surface area contributed by atoms with Crippen LogP contribution in [-0.2, 0) is 0 Å². The second kappa shape index (κ2) is 7.50. The van der Waals surface area contributed by atoms with Gasteiger partial charge in [0.25, 0.3) is 0 Å². The Balaban J connectivity index is 1.33. The van der Waals surface area contributed by atoms with Crippen LogP contribution in [0.4, 0.5) is 0 Å². The van der Waals surface area contributed by atoms with Gasteiger partial charge in [-0.25, -0.2) is 4.79 Å². The fraction of sp³-hybridized carbons (Fsp3) is 0.409. The van der Waals surface area contributed by atoms with Gasteiger partial charge in [-0.15, -0.1) is 0 Å². The maximum absolute atomic E-state index is 10.9. The fourth-order valence-electron chi connectivity index (χ4n) is 3.83. The molecule has 2 fully saturated rings. The van der Waals surface area contributed by atoms with Crippen molar-refractivity contribution in [2.45, 2.75) is 44.2 Å². The average molecular weight is 351 g/mol. The Morgan fingerprint density at radius 2 is 1.46 bits per heavy atom. The van der Waals surface area contributed by atoms with Crippen LogP contribution < -0.4 is 4.74 Å². The van der Waals surface area contributed by atoms with E-state index in [0.29, 0.717) is 11.7 Å². The van der Waals surface area contributed by atoms with E-state index in [1.54, 1.807) is 12.1 Å². The molecule has 1 aliphatic heterocycles. The molecule has 0 bridgehead atoms. The van der Waals surface area contributed by atoms with E-state index in [1.807, 2.05) is 36.4 Å². The predicted molar refractivity (Wildman–Crippen MR) is 102 cm³/mol. The first kappa shape index (κ1) is 17.1. The molecular formula is C22H25NO3. The van der Waals surface area contributed by atoms with Gasteiger partial charge in [0.15, 0.2) is 0 Å². The summed E-state index contributed by atoms with van der Waals surface area (Å²) in [5, 5.41) is 8.98. The number of nitrogens with zero attached hydrogens (tertiary/aromatic N) is 1. The van der Waals surface area contributed by atoms with Crippen LogP contribution in [-0.4, -0.2) is 41.2 Å². The van der Waals surface area contributed by atoms with Gasteiger partial charge in [-0.2, -0.15) is 0 Å². The smallest absolute Gasteiger partial charge is 0.335 e. The van der Waals surface area contributed by atoms with Crippen LogP contribution >= 0.6 is 0 Å². The number of hydrogen-bond acceptors (Lipinski definition) is 3. The van der Waals surface area contributed by atoms with Gasteiger partial charge in [-0.1, -0.05) is 30.7 Å². The highest BCUT2D eigenvalue weighted by atomic mass is 16.5. The molecule has 0 aromatic heterocycles. The molecule has 0 unspecified atom stereocenters. The number of likely N-dealkylation sites (tertiary alicyclic amines) is 1. The quantitative estimate of drug-likeness (QED) is 0.865. The number of carboxylic acid groups (broad SMARTS) is 1. The fourth-order valence-corrected chi connectivity index (χ4v) is 3.83. The van der Waals surface area contributed by atoms with Gasteiger partial charge in [-0.05, 0) is 61.1 Å². The number of piperidine rings is 1. The third kappa shape index (κ3) is 3.75. The number of ether oxygens (including phenoxy) is 1. The highest BCUT2D eigenvalue weighted by Gasteiger charge is 2.29. The molecule has 1 saturated carbocycles. The number of rotatable bonds is 5. The van der Waals surface area contributed by atoms with E-state index in [1.165, 1.54) is 19.3 Å². The standard InChI is InChI=1S/C22H25NO3/c24-22(25)18-6-4-16(5-7-18)17-8-10-20(11-9-17)26-21-12-14-23(15-13-21)19-2-1-3-19/h4-11,19,21H,1-3,12-15H2,(H,24,25). The van der Waals surface area contributed by atoms with E-state index < -0.39 is 5.97 Å². The molecule has 0 atom stereocenters. The van der Waals surface area contributed by atoms with Crippen LogP contribution in [0, 0.1) is 0 Å². The number of aromatic carboxylic acids is 1. The minimum absolute atomic E-state index is 0.307. The first-order valence-electron chi connectivity index (χ1n) is 9.53. The Hall–Kier alpha value is -2.33. The highest BCUT2D eigenvalue weighted by molar-refractivity contribution is 5.88. The Morgan fingerprint density at radius 1 is 0.885 bits per heavy atom. The van der Waals surface area contributed by atoms with Crippen molar-refractivity contribution in [1.82, 2.24) is 4.90 Å². The summed E-state index contributed by atoms with van der Waals surface area (Å²) in [6, 6.07) is 15.9. The molecule has 1 N–H and O–H groups in total. The largest absolute Gasteiger partial charge is 0.490 e. The Morgan fingerprint density at radius 3 is 1.96 bits per heavy atom. The normalized spacial score (nSPS) is 19.1. The van der Waals surface area contributed by atoms with E-state index in [0.717, 1.165) is 48.8 Å². The molecule has 0 radical (unpaired) electrons. The van der Waals surface area contributed by atoms with E-state index in [-0.39, 0.29) is 0 Å². The van der Waals surface area contributed by atoms with Crippen LogP contribution in [0.15, 0.2) is 48.5 Å². The van der Waals surface area contributed by atoms with Crippen LogP contribution in [0.25, 0.3) is 11.1 Å². The Bertz CT molecular complexity index is 742. The van der Waals surface area contributed by atoms with Crippen molar-refractivity contribution in [3.8, 4) is 16.9 Å². The lowest BCUT2D eigenvalue weighted by atomic mass is 9.90. The second-order valence-corrected chi connectivity index (χ2v) is 7.34. The molecule has 136 valence electrons. The predicted octanol–water partition coefficient (Wildman–Crippen LogP) is 4.45. The molecule has 4 rings (SSSR count). The zero-order chi connectivity index (χ0) is 17.9. The summed E-state index contributed by atoms with van der Waals surface area (Å²) in [4.78, 5) is 13.6. The number of carbonyl (C=O) groups is 1. The molecule has 1 aliphatic carbocycles. The van der Waals surface area contributed by atoms with Crippen molar-refractivity contribution in [3.63, 3.8) is 0 Å². The summed E-state index contributed by atoms with van der Waals surface area (Å²) < 4.78 is 6.17. The van der Waals surface area contributed by atoms with Crippen molar-refractivity contribution in [2.24, 2.45) is 0 Å².